The number of carbonyl (C=O) groups is 2. The molecule has 0 heterocycles. The van der Waals surface area contributed by atoms with Gasteiger partial charge in [0, 0.05) is 6.54 Å². The van der Waals surface area contributed by atoms with Crippen LogP contribution in [0.2, 0.25) is 0 Å². The van der Waals surface area contributed by atoms with Crippen LogP contribution >= 0.6 is 0 Å². The summed E-state index contributed by atoms with van der Waals surface area (Å²) in [6, 6.07) is 16.9. The monoisotopic (exact) mass is 436 g/mol. The lowest BCUT2D eigenvalue weighted by Crippen LogP contribution is -2.50. The van der Waals surface area contributed by atoms with Crippen molar-refractivity contribution in [3.63, 3.8) is 0 Å². The molecule has 0 saturated heterocycles. The summed E-state index contributed by atoms with van der Waals surface area (Å²) in [7, 11) is 0. The molecule has 2 unspecified atom stereocenters. The van der Waals surface area contributed by atoms with E-state index in [2.05, 4.69) is 18.8 Å². The lowest BCUT2D eigenvalue weighted by molar-refractivity contribution is 0.0492. The zero-order chi connectivity index (χ0) is 23.2. The van der Waals surface area contributed by atoms with Crippen LogP contribution in [0.1, 0.15) is 40.0 Å². The van der Waals surface area contributed by atoms with Gasteiger partial charge in [0.1, 0.15) is 11.5 Å². The lowest BCUT2D eigenvalue weighted by atomic mass is 9.62. The second-order valence-corrected chi connectivity index (χ2v) is 9.38. The molecule has 1 fully saturated rings. The molecule has 32 heavy (non-hydrogen) atoms. The second-order valence-electron chi connectivity index (χ2n) is 9.38. The number of hydrogen-bond donors (Lipinski definition) is 0. The van der Waals surface area contributed by atoms with Gasteiger partial charge >= 0.3 is 12.2 Å². The fraction of sp³-hybridized carbons (Fsp3) is 0.400. The zero-order valence-electron chi connectivity index (χ0n) is 18.6. The van der Waals surface area contributed by atoms with E-state index in [0.29, 0.717) is 17.9 Å². The van der Waals surface area contributed by atoms with Crippen molar-refractivity contribution in [2.75, 3.05) is 6.54 Å². The Hall–Kier alpha value is -3.44. The number of amides is 2. The van der Waals surface area contributed by atoms with Crippen molar-refractivity contribution in [1.82, 2.24) is 4.90 Å². The third-order valence-corrected chi connectivity index (χ3v) is 5.53. The van der Waals surface area contributed by atoms with Crippen LogP contribution in [-0.4, -0.2) is 35.8 Å². The van der Waals surface area contributed by atoms with Crippen molar-refractivity contribution in [2.24, 2.45) is 15.8 Å². The first kappa shape index (κ1) is 23.2. The summed E-state index contributed by atoms with van der Waals surface area (Å²) in [6.07, 6.45) is 2.02. The van der Waals surface area contributed by atoms with Gasteiger partial charge in [-0.05, 0) is 54.4 Å². The maximum absolute atomic E-state index is 13.0. The maximum atomic E-state index is 13.0. The smallest absolute Gasteiger partial charge is 0.410 e. The van der Waals surface area contributed by atoms with E-state index >= 15 is 0 Å². The first-order valence-corrected chi connectivity index (χ1v) is 10.6. The molecule has 2 amide bonds. The SMILES string of the molecule is CC1(C)CC(N=C=O)CC(C)(CN(C(=O)Oc2ccccc2)C(=O)Oc2ccccc2)C1. The van der Waals surface area contributed by atoms with E-state index in [9.17, 15) is 14.4 Å². The van der Waals surface area contributed by atoms with Gasteiger partial charge in [0.15, 0.2) is 0 Å². The predicted octanol–water partition coefficient (Wildman–Crippen LogP) is 5.61. The van der Waals surface area contributed by atoms with Crippen LogP contribution < -0.4 is 9.47 Å². The van der Waals surface area contributed by atoms with E-state index in [1.807, 2.05) is 6.92 Å². The fourth-order valence-electron chi connectivity index (χ4n) is 4.74. The van der Waals surface area contributed by atoms with Gasteiger partial charge in [-0.1, -0.05) is 57.2 Å². The van der Waals surface area contributed by atoms with E-state index in [1.165, 1.54) is 0 Å². The molecule has 3 rings (SSSR count). The Morgan fingerprint density at radius 3 is 1.91 bits per heavy atom. The van der Waals surface area contributed by atoms with Gasteiger partial charge in [-0.3, -0.25) is 0 Å². The van der Waals surface area contributed by atoms with Gasteiger partial charge in [0.25, 0.3) is 0 Å². The summed E-state index contributed by atoms with van der Waals surface area (Å²) in [5.74, 6) is 0.653. The van der Waals surface area contributed by atoms with E-state index in [0.717, 1.165) is 17.7 Å². The van der Waals surface area contributed by atoms with Crippen LogP contribution in [0.4, 0.5) is 9.59 Å². The highest BCUT2D eigenvalue weighted by atomic mass is 16.6. The van der Waals surface area contributed by atoms with Crippen molar-refractivity contribution < 1.29 is 23.9 Å². The third-order valence-electron chi connectivity index (χ3n) is 5.53. The van der Waals surface area contributed by atoms with Gasteiger partial charge in [0.2, 0.25) is 6.08 Å². The number of hydrogen-bond acceptors (Lipinski definition) is 6. The predicted molar refractivity (Wildman–Crippen MR) is 119 cm³/mol. The molecule has 0 spiro atoms. The Morgan fingerprint density at radius 2 is 1.44 bits per heavy atom. The molecule has 0 aromatic heterocycles. The summed E-state index contributed by atoms with van der Waals surface area (Å²) in [4.78, 5) is 41.9. The standard InChI is InChI=1S/C25H28N2O5/c1-24(2)14-19(26-18-28)15-25(3,16-24)17-27(22(29)31-20-10-6-4-7-11-20)23(30)32-21-12-8-5-9-13-21/h4-13,19H,14-17H2,1-3H3. The van der Waals surface area contributed by atoms with Crippen molar-refractivity contribution in [1.29, 1.82) is 0 Å². The average molecular weight is 437 g/mol. The molecule has 1 aliphatic carbocycles. The van der Waals surface area contributed by atoms with Crippen molar-refractivity contribution in [3.05, 3.63) is 60.7 Å². The molecule has 0 aliphatic heterocycles. The highest BCUT2D eigenvalue weighted by Crippen LogP contribution is 2.47. The molecule has 168 valence electrons. The Morgan fingerprint density at radius 1 is 0.938 bits per heavy atom. The second kappa shape index (κ2) is 9.79. The molecule has 0 N–H and O–H groups in total. The number of para-hydroxylation sites is 2. The normalized spacial score (nSPS) is 21.7. The third kappa shape index (κ3) is 6.28. The number of imide groups is 1. The quantitative estimate of drug-likeness (QED) is 0.449. The summed E-state index contributed by atoms with van der Waals surface area (Å²) < 4.78 is 10.9. The molecule has 2 atom stereocenters. The molecular formula is C25H28N2O5. The van der Waals surface area contributed by atoms with Crippen LogP contribution in [0.15, 0.2) is 65.7 Å². The zero-order valence-corrected chi connectivity index (χ0v) is 18.6. The van der Waals surface area contributed by atoms with Gasteiger partial charge in [-0.15, -0.1) is 0 Å². The maximum Gasteiger partial charge on any atom is 0.424 e. The Labute approximate surface area is 188 Å². The van der Waals surface area contributed by atoms with E-state index in [1.54, 1.807) is 66.7 Å². The van der Waals surface area contributed by atoms with E-state index in [-0.39, 0.29) is 18.0 Å². The van der Waals surface area contributed by atoms with E-state index < -0.39 is 17.6 Å². The minimum Gasteiger partial charge on any atom is -0.410 e. The molecule has 2 aromatic carbocycles. The molecule has 7 nitrogen and oxygen atoms in total. The van der Waals surface area contributed by atoms with Gasteiger partial charge < -0.3 is 9.47 Å². The molecule has 7 heteroatoms. The van der Waals surface area contributed by atoms with Gasteiger partial charge in [-0.25, -0.2) is 24.3 Å². The Balaban J connectivity index is 1.86. The molecule has 1 saturated carbocycles. The van der Waals surface area contributed by atoms with Crippen LogP contribution in [0.25, 0.3) is 0 Å². The fourth-order valence-corrected chi connectivity index (χ4v) is 4.74. The van der Waals surface area contributed by atoms with Crippen molar-refractivity contribution in [3.8, 4) is 11.5 Å². The summed E-state index contributed by atoms with van der Waals surface area (Å²) in [5, 5.41) is 0. The average Bonchev–Trinajstić information content (AvgIpc) is 2.72. The van der Waals surface area contributed by atoms with Gasteiger partial charge in [0.05, 0.1) is 6.04 Å². The molecular weight excluding hydrogens is 408 g/mol. The lowest BCUT2D eigenvalue weighted by Gasteiger charge is -2.46. The van der Waals surface area contributed by atoms with Crippen LogP contribution in [-0.2, 0) is 4.79 Å². The first-order chi connectivity index (χ1) is 15.2. The van der Waals surface area contributed by atoms with Gasteiger partial charge in [-0.2, -0.15) is 0 Å². The summed E-state index contributed by atoms with van der Waals surface area (Å²) in [6.45, 7) is 6.23. The molecule has 1 aliphatic rings. The minimum absolute atomic E-state index is 0.0681. The number of benzene rings is 2. The minimum atomic E-state index is -0.822. The largest absolute Gasteiger partial charge is 0.424 e. The van der Waals surface area contributed by atoms with Crippen molar-refractivity contribution in [2.45, 2.75) is 46.1 Å². The molecule has 0 bridgehead atoms. The van der Waals surface area contributed by atoms with Crippen LogP contribution in [0.3, 0.4) is 0 Å². The summed E-state index contributed by atoms with van der Waals surface area (Å²) in [5.41, 5.74) is -0.617. The number of aliphatic imine (C=N–C) groups is 1. The number of isocyanates is 1. The number of ether oxygens (including phenoxy) is 2. The number of carbonyl (C=O) groups excluding carboxylic acids is 3. The Bertz CT molecular complexity index is 932. The summed E-state index contributed by atoms with van der Waals surface area (Å²) >= 11 is 0. The van der Waals surface area contributed by atoms with Crippen LogP contribution in [0.5, 0.6) is 11.5 Å². The van der Waals surface area contributed by atoms with Crippen LogP contribution in [0, 0.1) is 10.8 Å². The number of nitrogens with zero attached hydrogens (tertiary/aromatic N) is 2. The number of rotatable bonds is 5. The first-order valence-electron chi connectivity index (χ1n) is 10.6. The Kier molecular flexibility index (Phi) is 7.11. The highest BCUT2D eigenvalue weighted by molar-refractivity contribution is 5.90. The molecule has 0 radical (unpaired) electrons. The van der Waals surface area contributed by atoms with Crippen molar-refractivity contribution >= 4 is 18.3 Å². The topological polar surface area (TPSA) is 85.3 Å². The van der Waals surface area contributed by atoms with E-state index in [4.69, 9.17) is 9.47 Å². The molecule has 2 aromatic rings. The highest BCUT2D eigenvalue weighted by Gasteiger charge is 2.44.